The molecule has 0 bridgehead atoms. The van der Waals surface area contributed by atoms with Gasteiger partial charge in [-0.15, -0.1) is 0 Å². The van der Waals surface area contributed by atoms with Gasteiger partial charge in [0.25, 0.3) is 0 Å². The number of hydrogen-bond acceptors (Lipinski definition) is 4. The van der Waals surface area contributed by atoms with Crippen LogP contribution < -0.4 is 10.5 Å². The highest BCUT2D eigenvalue weighted by Gasteiger charge is 2.18. The zero-order valence-electron chi connectivity index (χ0n) is 15.4. The smallest absolute Gasteiger partial charge is 0.238 e. The minimum atomic E-state index is -4.00. The van der Waals surface area contributed by atoms with Gasteiger partial charge in [-0.25, -0.2) is 13.6 Å². The monoisotopic (exact) mass is 417 g/mol. The van der Waals surface area contributed by atoms with Crippen molar-refractivity contribution in [2.24, 2.45) is 5.14 Å². The summed E-state index contributed by atoms with van der Waals surface area (Å²) in [5, 5.41) is 9.76. The molecule has 0 aliphatic carbocycles. The number of nitrogens with two attached hydrogens (primary N) is 1. The van der Waals surface area contributed by atoms with Crippen LogP contribution >= 0.6 is 11.6 Å². The molecule has 0 spiro atoms. The zero-order valence-corrected chi connectivity index (χ0v) is 17.0. The van der Waals surface area contributed by atoms with E-state index in [-0.39, 0.29) is 23.1 Å². The fourth-order valence-corrected chi connectivity index (χ4v) is 4.04. The second-order valence-electron chi connectivity index (χ2n) is 6.78. The number of carbonyl (C=O) groups is 1. The first kappa shape index (κ1) is 20.3. The maximum atomic E-state index is 12.5. The number of aromatic nitrogens is 1. The minimum Gasteiger partial charge on any atom is -0.326 e. The number of sulfonamides is 1. The van der Waals surface area contributed by atoms with Gasteiger partial charge in [-0.05, 0) is 35.7 Å². The summed E-state index contributed by atoms with van der Waals surface area (Å²) in [4.78, 5) is 16.8. The van der Waals surface area contributed by atoms with Gasteiger partial charge in [0.05, 0.1) is 17.0 Å². The Morgan fingerprint density at radius 2 is 1.89 bits per heavy atom. The van der Waals surface area contributed by atoms with E-state index in [0.717, 1.165) is 5.69 Å². The lowest BCUT2D eigenvalue weighted by molar-refractivity contribution is -0.115. The third-order valence-electron chi connectivity index (χ3n) is 4.32. The molecule has 6 nitrogen and oxygen atoms in total. The molecule has 1 aromatic heterocycles. The number of pyridine rings is 1. The number of benzene rings is 2. The van der Waals surface area contributed by atoms with Gasteiger partial charge in [0.15, 0.2) is 0 Å². The Morgan fingerprint density at radius 3 is 2.54 bits per heavy atom. The van der Waals surface area contributed by atoms with Gasteiger partial charge in [0.2, 0.25) is 15.9 Å². The fourth-order valence-electron chi connectivity index (χ4n) is 3.06. The van der Waals surface area contributed by atoms with Crippen LogP contribution in [0.15, 0.2) is 53.6 Å². The van der Waals surface area contributed by atoms with Crippen molar-refractivity contribution < 1.29 is 13.2 Å². The average Bonchev–Trinajstić information content (AvgIpc) is 2.61. The van der Waals surface area contributed by atoms with E-state index in [1.54, 1.807) is 42.6 Å². The molecular weight excluding hydrogens is 398 g/mol. The normalized spacial score (nSPS) is 11.8. The Hall–Kier alpha value is -2.48. The Balaban J connectivity index is 2.05. The standard InChI is InChI=1S/C20H20ClN3O3S/c1-12(2)20-16-10-14(11-18(28(22,26)27)15(16)7-8-23-20)24-19(25)9-13-5-3-4-6-17(13)21/h3-8,10-12H,9H2,1-2H3,(H,24,25)(H2,22,26,27). The number of nitrogens with zero attached hydrogens (tertiary/aromatic N) is 1. The quantitative estimate of drug-likeness (QED) is 0.658. The van der Waals surface area contributed by atoms with Crippen molar-refractivity contribution in [1.29, 1.82) is 0 Å². The first-order chi connectivity index (χ1) is 13.2. The molecule has 28 heavy (non-hydrogen) atoms. The number of carbonyl (C=O) groups excluding carboxylic acids is 1. The van der Waals surface area contributed by atoms with Crippen LogP contribution in [0.1, 0.15) is 31.0 Å². The number of primary sulfonamides is 1. The minimum absolute atomic E-state index is 0.0534. The predicted octanol–water partition coefficient (Wildman–Crippen LogP) is 3.84. The number of fused-ring (bicyclic) bond motifs is 1. The van der Waals surface area contributed by atoms with Crippen LogP contribution in [-0.4, -0.2) is 19.3 Å². The molecule has 0 unspecified atom stereocenters. The van der Waals surface area contributed by atoms with Gasteiger partial charge in [-0.2, -0.15) is 0 Å². The van der Waals surface area contributed by atoms with E-state index >= 15 is 0 Å². The summed E-state index contributed by atoms with van der Waals surface area (Å²) in [6.07, 6.45) is 1.62. The SMILES string of the molecule is CC(C)c1nccc2c(S(N)(=O)=O)cc(NC(=O)Cc3ccccc3Cl)cc12. The second kappa shape index (κ2) is 7.87. The van der Waals surface area contributed by atoms with Gasteiger partial charge in [-0.1, -0.05) is 43.6 Å². The summed E-state index contributed by atoms with van der Waals surface area (Å²) < 4.78 is 24.3. The van der Waals surface area contributed by atoms with Crippen molar-refractivity contribution in [1.82, 2.24) is 4.98 Å². The van der Waals surface area contributed by atoms with E-state index in [1.807, 2.05) is 13.8 Å². The van der Waals surface area contributed by atoms with Crippen LogP contribution in [0, 0.1) is 0 Å². The molecule has 8 heteroatoms. The summed E-state index contributed by atoms with van der Waals surface area (Å²) in [7, 11) is -4.00. The van der Waals surface area contributed by atoms with Gasteiger partial charge in [0, 0.05) is 27.7 Å². The van der Waals surface area contributed by atoms with E-state index in [9.17, 15) is 13.2 Å². The van der Waals surface area contributed by atoms with E-state index < -0.39 is 10.0 Å². The maximum absolute atomic E-state index is 12.5. The molecule has 0 atom stereocenters. The van der Waals surface area contributed by atoms with Crippen LogP contribution in [0.2, 0.25) is 5.02 Å². The molecule has 0 aliphatic heterocycles. The van der Waals surface area contributed by atoms with Crippen LogP contribution in [0.3, 0.4) is 0 Å². The lowest BCUT2D eigenvalue weighted by Crippen LogP contribution is -2.17. The summed E-state index contributed by atoms with van der Waals surface area (Å²) in [5.74, 6) is -0.256. The van der Waals surface area contributed by atoms with Crippen molar-refractivity contribution in [2.45, 2.75) is 31.1 Å². The molecule has 2 aromatic carbocycles. The van der Waals surface area contributed by atoms with Crippen molar-refractivity contribution >= 4 is 44.0 Å². The number of rotatable bonds is 5. The maximum Gasteiger partial charge on any atom is 0.238 e. The highest BCUT2D eigenvalue weighted by molar-refractivity contribution is 7.89. The number of nitrogens with one attached hydrogen (secondary N) is 1. The van der Waals surface area contributed by atoms with Crippen LogP contribution in [0.5, 0.6) is 0 Å². The highest BCUT2D eigenvalue weighted by Crippen LogP contribution is 2.31. The van der Waals surface area contributed by atoms with Crippen molar-refractivity contribution in [3.63, 3.8) is 0 Å². The summed E-state index contributed by atoms with van der Waals surface area (Å²) in [5.41, 5.74) is 1.74. The largest absolute Gasteiger partial charge is 0.326 e. The van der Waals surface area contributed by atoms with Crippen LogP contribution in [-0.2, 0) is 21.2 Å². The Bertz CT molecular complexity index is 1160. The molecule has 1 amide bonds. The molecule has 3 N–H and O–H groups in total. The predicted molar refractivity (Wildman–Crippen MR) is 111 cm³/mol. The number of halogens is 1. The van der Waals surface area contributed by atoms with E-state index in [4.69, 9.17) is 16.7 Å². The molecule has 3 aromatic rings. The molecule has 0 radical (unpaired) electrons. The molecule has 146 valence electrons. The van der Waals surface area contributed by atoms with Crippen LogP contribution in [0.25, 0.3) is 10.8 Å². The Morgan fingerprint density at radius 1 is 1.18 bits per heavy atom. The van der Waals surface area contributed by atoms with Gasteiger partial charge >= 0.3 is 0 Å². The molecule has 3 rings (SSSR count). The third kappa shape index (κ3) is 4.32. The number of hydrogen-bond donors (Lipinski definition) is 2. The van der Waals surface area contributed by atoms with Crippen molar-refractivity contribution in [2.75, 3.05) is 5.32 Å². The number of amides is 1. The third-order valence-corrected chi connectivity index (χ3v) is 5.64. The summed E-state index contributed by atoms with van der Waals surface area (Å²) >= 11 is 6.11. The summed E-state index contributed by atoms with van der Waals surface area (Å²) in [6, 6.07) is 11.7. The summed E-state index contributed by atoms with van der Waals surface area (Å²) in [6.45, 7) is 3.92. The van der Waals surface area contributed by atoms with E-state index in [2.05, 4.69) is 10.3 Å². The first-order valence-corrected chi connectivity index (χ1v) is 10.6. The van der Waals surface area contributed by atoms with E-state index in [0.29, 0.717) is 27.0 Å². The lowest BCUT2D eigenvalue weighted by Gasteiger charge is -2.14. The Labute approximate surface area is 168 Å². The van der Waals surface area contributed by atoms with Crippen molar-refractivity contribution in [3.8, 4) is 0 Å². The highest BCUT2D eigenvalue weighted by atomic mass is 35.5. The van der Waals surface area contributed by atoms with Gasteiger partial charge < -0.3 is 5.32 Å². The fraction of sp³-hybridized carbons (Fsp3) is 0.200. The molecule has 0 aliphatic rings. The zero-order chi connectivity index (χ0) is 20.5. The average molecular weight is 418 g/mol. The topological polar surface area (TPSA) is 102 Å². The molecular formula is C20H20ClN3O3S. The molecule has 0 saturated heterocycles. The molecule has 0 saturated carbocycles. The first-order valence-electron chi connectivity index (χ1n) is 8.65. The van der Waals surface area contributed by atoms with E-state index in [1.165, 1.54) is 6.07 Å². The number of anilines is 1. The molecule has 0 fully saturated rings. The van der Waals surface area contributed by atoms with Gasteiger partial charge in [0.1, 0.15) is 0 Å². The second-order valence-corrected chi connectivity index (χ2v) is 8.72. The van der Waals surface area contributed by atoms with Gasteiger partial charge in [-0.3, -0.25) is 9.78 Å². The Kier molecular flexibility index (Phi) is 5.69. The van der Waals surface area contributed by atoms with Crippen LogP contribution in [0.4, 0.5) is 5.69 Å². The van der Waals surface area contributed by atoms with Crippen molar-refractivity contribution in [3.05, 3.63) is 64.9 Å². The molecule has 1 heterocycles. The lowest BCUT2D eigenvalue weighted by atomic mass is 10.0.